The van der Waals surface area contributed by atoms with Crippen LogP contribution in [0.1, 0.15) is 69.9 Å². The summed E-state index contributed by atoms with van der Waals surface area (Å²) >= 11 is 0. The maximum atomic E-state index is 13.0. The zero-order chi connectivity index (χ0) is 19.1. The van der Waals surface area contributed by atoms with Crippen LogP contribution >= 0.6 is 0 Å². The lowest BCUT2D eigenvalue weighted by atomic mass is 9.69. The van der Waals surface area contributed by atoms with E-state index >= 15 is 0 Å². The van der Waals surface area contributed by atoms with Crippen LogP contribution in [0.25, 0.3) is 0 Å². The molecule has 4 heterocycles. The quantitative estimate of drug-likeness (QED) is 0.794. The summed E-state index contributed by atoms with van der Waals surface area (Å²) in [4.78, 5) is 26.8. The van der Waals surface area contributed by atoms with Crippen molar-refractivity contribution in [3.05, 3.63) is 18.1 Å². The van der Waals surface area contributed by atoms with Gasteiger partial charge >= 0.3 is 0 Å². The molecule has 5 nitrogen and oxygen atoms in total. The lowest BCUT2D eigenvalue weighted by Gasteiger charge is -2.57. The van der Waals surface area contributed by atoms with Crippen LogP contribution in [0.3, 0.4) is 0 Å². The molecule has 3 aliphatic heterocycles. The van der Waals surface area contributed by atoms with Crippen LogP contribution < -0.4 is 4.90 Å². The second-order valence-electron chi connectivity index (χ2n) is 9.75. The zero-order valence-corrected chi connectivity index (χ0v) is 17.2. The SMILES string of the molecule is Cc1cc(N2C[C@H]3C[C@@H](C2)[C@H](CC2CCCCC2)N2C(=O)CCC[C@@H]32)ncn1. The van der Waals surface area contributed by atoms with Gasteiger partial charge in [-0.1, -0.05) is 32.1 Å². The Balaban J connectivity index is 1.42. The average Bonchev–Trinajstić information content (AvgIpc) is 2.72. The number of aromatic nitrogens is 2. The molecule has 1 aromatic heterocycles. The van der Waals surface area contributed by atoms with Crippen LogP contribution in [0.2, 0.25) is 0 Å². The first-order valence-electron chi connectivity index (χ1n) is 11.5. The lowest BCUT2D eigenvalue weighted by Crippen LogP contribution is -2.65. The molecule has 1 aromatic rings. The summed E-state index contributed by atoms with van der Waals surface area (Å²) in [5.74, 6) is 3.53. The number of amides is 1. The number of hydrogen-bond acceptors (Lipinski definition) is 4. The number of carbonyl (C=O) groups excluding carboxylic acids is 1. The summed E-state index contributed by atoms with van der Waals surface area (Å²) in [6.45, 7) is 4.13. The summed E-state index contributed by atoms with van der Waals surface area (Å²) < 4.78 is 0. The summed E-state index contributed by atoms with van der Waals surface area (Å²) in [5.41, 5.74) is 1.04. The van der Waals surface area contributed by atoms with Crippen molar-refractivity contribution in [1.29, 1.82) is 0 Å². The van der Waals surface area contributed by atoms with Crippen molar-refractivity contribution in [2.75, 3.05) is 18.0 Å². The Kier molecular flexibility index (Phi) is 5.02. The molecule has 152 valence electrons. The van der Waals surface area contributed by atoms with E-state index < -0.39 is 0 Å². The highest BCUT2D eigenvalue weighted by atomic mass is 16.2. The Hall–Kier alpha value is -1.65. The Labute approximate surface area is 168 Å². The highest BCUT2D eigenvalue weighted by molar-refractivity contribution is 5.78. The first-order chi connectivity index (χ1) is 13.7. The molecule has 4 aliphatic rings. The van der Waals surface area contributed by atoms with E-state index in [4.69, 9.17) is 0 Å². The van der Waals surface area contributed by atoms with Gasteiger partial charge in [0, 0.05) is 43.4 Å². The molecule has 4 fully saturated rings. The van der Waals surface area contributed by atoms with Crippen molar-refractivity contribution < 1.29 is 4.79 Å². The smallest absolute Gasteiger partial charge is 0.223 e. The van der Waals surface area contributed by atoms with Crippen LogP contribution in [0.15, 0.2) is 12.4 Å². The Morgan fingerprint density at radius 1 is 1.04 bits per heavy atom. The number of aryl methyl sites for hydroxylation is 1. The largest absolute Gasteiger partial charge is 0.356 e. The molecule has 0 spiro atoms. The molecule has 1 saturated carbocycles. The monoisotopic (exact) mass is 382 g/mol. The third kappa shape index (κ3) is 3.42. The van der Waals surface area contributed by atoms with E-state index in [0.29, 0.717) is 29.8 Å². The molecule has 2 bridgehead atoms. The number of nitrogens with zero attached hydrogens (tertiary/aromatic N) is 4. The molecule has 28 heavy (non-hydrogen) atoms. The second-order valence-corrected chi connectivity index (χ2v) is 9.75. The van der Waals surface area contributed by atoms with Crippen LogP contribution in [0.5, 0.6) is 0 Å². The molecular formula is C23H34N4O. The first-order valence-corrected chi connectivity index (χ1v) is 11.5. The molecule has 5 heteroatoms. The molecule has 0 radical (unpaired) electrons. The maximum Gasteiger partial charge on any atom is 0.223 e. The van der Waals surface area contributed by atoms with E-state index in [1.54, 1.807) is 6.33 Å². The molecule has 5 rings (SSSR count). The van der Waals surface area contributed by atoms with E-state index in [0.717, 1.165) is 43.4 Å². The van der Waals surface area contributed by atoms with Crippen molar-refractivity contribution in [2.24, 2.45) is 17.8 Å². The van der Waals surface area contributed by atoms with Gasteiger partial charge in [-0.3, -0.25) is 4.79 Å². The minimum absolute atomic E-state index is 0.443. The summed E-state index contributed by atoms with van der Waals surface area (Å²) in [6, 6.07) is 3.03. The molecule has 3 saturated heterocycles. The molecule has 1 aliphatic carbocycles. The van der Waals surface area contributed by atoms with Gasteiger partial charge < -0.3 is 9.80 Å². The van der Waals surface area contributed by atoms with Gasteiger partial charge in [0.05, 0.1) is 0 Å². The standard InChI is InChI=1S/C23H34N4O/c1-16-10-22(25-15-24-16)26-13-18-12-19(14-26)21(11-17-6-3-2-4-7-17)27-20(18)8-5-9-23(27)28/h10,15,17-21H,2-9,11-14H2,1H3/t18-,19+,20+,21+/m1/s1. The van der Waals surface area contributed by atoms with E-state index in [-0.39, 0.29) is 0 Å². The normalized spacial score (nSPS) is 33.7. The third-order valence-electron chi connectivity index (χ3n) is 7.91. The van der Waals surface area contributed by atoms with Crippen molar-refractivity contribution in [3.63, 3.8) is 0 Å². The molecular weight excluding hydrogens is 348 g/mol. The fraction of sp³-hybridized carbons (Fsp3) is 0.783. The molecule has 0 aromatic carbocycles. The van der Waals surface area contributed by atoms with Gasteiger partial charge in [0.25, 0.3) is 0 Å². The van der Waals surface area contributed by atoms with Crippen LogP contribution in [-0.4, -0.2) is 45.9 Å². The van der Waals surface area contributed by atoms with E-state index in [2.05, 4.69) is 25.8 Å². The van der Waals surface area contributed by atoms with Crippen molar-refractivity contribution in [1.82, 2.24) is 14.9 Å². The molecule has 1 amide bonds. The fourth-order valence-corrected chi connectivity index (χ4v) is 6.64. The van der Waals surface area contributed by atoms with Crippen LogP contribution in [0, 0.1) is 24.7 Å². The number of anilines is 1. The van der Waals surface area contributed by atoms with Gasteiger partial charge in [0.2, 0.25) is 5.91 Å². The minimum atomic E-state index is 0.443. The highest BCUT2D eigenvalue weighted by Gasteiger charge is 2.49. The Morgan fingerprint density at radius 2 is 1.86 bits per heavy atom. The van der Waals surface area contributed by atoms with E-state index in [9.17, 15) is 4.79 Å². The number of rotatable bonds is 3. The predicted molar refractivity (Wildman–Crippen MR) is 110 cm³/mol. The fourth-order valence-electron chi connectivity index (χ4n) is 6.64. The Bertz CT molecular complexity index is 716. The van der Waals surface area contributed by atoms with E-state index in [1.807, 2.05) is 6.92 Å². The first kappa shape index (κ1) is 18.4. The van der Waals surface area contributed by atoms with Crippen molar-refractivity contribution in [3.8, 4) is 0 Å². The Morgan fingerprint density at radius 3 is 2.68 bits per heavy atom. The zero-order valence-electron chi connectivity index (χ0n) is 17.2. The summed E-state index contributed by atoms with van der Waals surface area (Å²) in [7, 11) is 0. The third-order valence-corrected chi connectivity index (χ3v) is 7.91. The van der Waals surface area contributed by atoms with Crippen molar-refractivity contribution >= 4 is 11.7 Å². The summed E-state index contributed by atoms with van der Waals surface area (Å²) in [6.07, 6.45) is 14.2. The topological polar surface area (TPSA) is 49.3 Å². The number of fused-ring (bicyclic) bond motifs is 4. The molecule has 4 atom stereocenters. The van der Waals surface area contributed by atoms with Gasteiger partial charge in [0.1, 0.15) is 12.1 Å². The molecule has 0 N–H and O–H groups in total. The minimum Gasteiger partial charge on any atom is -0.356 e. The van der Waals surface area contributed by atoms with Gasteiger partial charge in [-0.25, -0.2) is 9.97 Å². The number of carbonyl (C=O) groups is 1. The van der Waals surface area contributed by atoms with E-state index in [1.165, 1.54) is 51.4 Å². The number of piperidine rings is 3. The predicted octanol–water partition coefficient (Wildman–Crippen LogP) is 3.96. The van der Waals surface area contributed by atoms with Crippen LogP contribution in [0.4, 0.5) is 5.82 Å². The molecule has 0 unspecified atom stereocenters. The van der Waals surface area contributed by atoms with Gasteiger partial charge in [-0.2, -0.15) is 0 Å². The second kappa shape index (κ2) is 7.64. The maximum absolute atomic E-state index is 13.0. The van der Waals surface area contributed by atoms with Gasteiger partial charge in [-0.05, 0) is 50.4 Å². The average molecular weight is 383 g/mol. The summed E-state index contributed by atoms with van der Waals surface area (Å²) in [5, 5.41) is 0. The van der Waals surface area contributed by atoms with Crippen molar-refractivity contribution in [2.45, 2.75) is 83.2 Å². The highest BCUT2D eigenvalue weighted by Crippen LogP contribution is 2.45. The van der Waals surface area contributed by atoms with Gasteiger partial charge in [-0.15, -0.1) is 0 Å². The number of hydrogen-bond donors (Lipinski definition) is 0. The van der Waals surface area contributed by atoms with Gasteiger partial charge in [0.15, 0.2) is 0 Å². The lowest BCUT2D eigenvalue weighted by molar-refractivity contribution is -0.149. The van der Waals surface area contributed by atoms with Crippen LogP contribution in [-0.2, 0) is 4.79 Å².